The van der Waals surface area contributed by atoms with Gasteiger partial charge >= 0.3 is 0 Å². The zero-order valence-corrected chi connectivity index (χ0v) is 16.8. The summed E-state index contributed by atoms with van der Waals surface area (Å²) in [4.78, 5) is 17.3. The van der Waals surface area contributed by atoms with Gasteiger partial charge in [0.1, 0.15) is 5.75 Å². The number of nitrogens with zero attached hydrogens (tertiary/aromatic N) is 2. The van der Waals surface area contributed by atoms with E-state index in [1.54, 1.807) is 6.20 Å². The Hall–Kier alpha value is -2.73. The molecular weight excluding hydrogens is 370 g/mol. The fraction of sp³-hybridized carbons (Fsp3) is 0.273. The van der Waals surface area contributed by atoms with Crippen molar-refractivity contribution < 1.29 is 9.53 Å². The summed E-state index contributed by atoms with van der Waals surface area (Å²) in [6.07, 6.45) is 4.48. The molecule has 0 saturated carbocycles. The van der Waals surface area contributed by atoms with Crippen molar-refractivity contribution in [2.24, 2.45) is 0 Å². The number of benzene rings is 2. The predicted octanol–water partition coefficient (Wildman–Crippen LogP) is 4.30. The number of ether oxygens (including phenoxy) is 1. The molecule has 28 heavy (non-hydrogen) atoms. The number of nitrogens with one attached hydrogen (secondary N) is 1. The Kier molecular flexibility index (Phi) is 5.39. The van der Waals surface area contributed by atoms with Crippen molar-refractivity contribution in [3.05, 3.63) is 72.1 Å². The van der Waals surface area contributed by atoms with Crippen LogP contribution >= 0.6 is 11.8 Å². The number of aromatic nitrogens is 2. The first-order valence-corrected chi connectivity index (χ1v) is 10.3. The molecule has 0 aliphatic carbocycles. The molecule has 1 aromatic heterocycles. The number of fused-ring (bicyclic) bond motifs is 1. The molecule has 0 saturated heterocycles. The van der Waals surface area contributed by atoms with Crippen LogP contribution in [0.3, 0.4) is 0 Å². The first kappa shape index (κ1) is 18.6. The zero-order chi connectivity index (χ0) is 19.5. The summed E-state index contributed by atoms with van der Waals surface area (Å²) in [5, 5.41) is 3.73. The zero-order valence-electron chi connectivity index (χ0n) is 16.0. The van der Waals surface area contributed by atoms with Crippen LogP contribution in [0.2, 0.25) is 0 Å². The summed E-state index contributed by atoms with van der Waals surface area (Å²) >= 11 is 1.47. The Morgan fingerprint density at radius 1 is 1.25 bits per heavy atom. The maximum atomic E-state index is 12.9. The van der Waals surface area contributed by atoms with Gasteiger partial charge in [0, 0.05) is 24.4 Å². The number of carbonyl (C=O) groups is 1. The Morgan fingerprint density at radius 2 is 2.04 bits per heavy atom. The summed E-state index contributed by atoms with van der Waals surface area (Å²) in [6, 6.07) is 16.0. The Balaban J connectivity index is 1.47. The average molecular weight is 394 g/mol. The maximum absolute atomic E-state index is 12.9. The van der Waals surface area contributed by atoms with Crippen LogP contribution in [0.4, 0.5) is 0 Å². The van der Waals surface area contributed by atoms with Gasteiger partial charge in [-0.15, -0.1) is 0 Å². The minimum absolute atomic E-state index is 0.00559. The highest BCUT2D eigenvalue weighted by Crippen LogP contribution is 2.32. The van der Waals surface area contributed by atoms with Gasteiger partial charge in [0.05, 0.1) is 23.6 Å². The highest BCUT2D eigenvalue weighted by Gasteiger charge is 2.25. The molecule has 2 aromatic carbocycles. The number of aryl methyl sites for hydroxylation is 1. The fourth-order valence-electron chi connectivity index (χ4n) is 3.39. The van der Waals surface area contributed by atoms with Gasteiger partial charge in [-0.1, -0.05) is 48.2 Å². The second-order valence-corrected chi connectivity index (χ2v) is 8.17. The number of thioether (sulfide) groups is 1. The van der Waals surface area contributed by atoms with E-state index in [0.29, 0.717) is 6.61 Å². The third-order valence-corrected chi connectivity index (χ3v) is 5.99. The summed E-state index contributed by atoms with van der Waals surface area (Å²) < 4.78 is 7.72. The molecule has 0 unspecified atom stereocenters. The van der Waals surface area contributed by atoms with E-state index in [1.807, 2.05) is 54.1 Å². The first-order chi connectivity index (χ1) is 13.6. The number of hydrogen-bond acceptors (Lipinski definition) is 4. The van der Waals surface area contributed by atoms with Crippen LogP contribution in [0.15, 0.2) is 66.1 Å². The van der Waals surface area contributed by atoms with Crippen molar-refractivity contribution in [3.8, 4) is 11.4 Å². The van der Waals surface area contributed by atoms with Crippen molar-refractivity contribution in [3.63, 3.8) is 0 Å². The molecule has 5 nitrogen and oxygen atoms in total. The second kappa shape index (κ2) is 8.10. The second-order valence-electron chi connectivity index (χ2n) is 6.86. The number of imidazole rings is 1. The summed E-state index contributed by atoms with van der Waals surface area (Å²) in [5.74, 6) is 0.862. The number of rotatable bonds is 5. The molecule has 0 fully saturated rings. The van der Waals surface area contributed by atoms with Crippen LogP contribution in [0, 0.1) is 6.92 Å². The molecule has 4 rings (SSSR count). The molecular formula is C22H23N3O2S. The Bertz CT molecular complexity index is 985. The van der Waals surface area contributed by atoms with Crippen molar-refractivity contribution in [2.45, 2.75) is 36.7 Å². The molecule has 0 spiro atoms. The largest absolute Gasteiger partial charge is 0.493 e. The number of amides is 1. The lowest BCUT2D eigenvalue weighted by atomic mass is 10.0. The minimum atomic E-state index is -0.264. The van der Waals surface area contributed by atoms with Crippen molar-refractivity contribution >= 4 is 17.7 Å². The molecule has 2 heterocycles. The quantitative estimate of drug-likeness (QED) is 0.657. The van der Waals surface area contributed by atoms with Gasteiger partial charge in [-0.2, -0.15) is 0 Å². The topological polar surface area (TPSA) is 56.2 Å². The highest BCUT2D eigenvalue weighted by molar-refractivity contribution is 8.00. The first-order valence-electron chi connectivity index (χ1n) is 9.41. The van der Waals surface area contributed by atoms with Crippen LogP contribution in [0.5, 0.6) is 5.75 Å². The van der Waals surface area contributed by atoms with Crippen LogP contribution in [0.1, 0.15) is 30.5 Å². The lowest BCUT2D eigenvalue weighted by Gasteiger charge is -2.27. The number of carbonyl (C=O) groups excluding carboxylic acids is 1. The molecule has 1 aliphatic heterocycles. The van der Waals surface area contributed by atoms with E-state index in [0.717, 1.165) is 28.6 Å². The molecule has 3 aromatic rings. The Morgan fingerprint density at radius 3 is 2.89 bits per heavy atom. The number of para-hydroxylation sites is 2. The van der Waals surface area contributed by atoms with Gasteiger partial charge in [0.15, 0.2) is 5.16 Å². The molecule has 1 amide bonds. The van der Waals surface area contributed by atoms with Gasteiger partial charge in [0.2, 0.25) is 5.91 Å². The van der Waals surface area contributed by atoms with Crippen molar-refractivity contribution in [1.82, 2.24) is 14.9 Å². The van der Waals surface area contributed by atoms with Gasteiger partial charge < -0.3 is 10.1 Å². The third-order valence-electron chi connectivity index (χ3n) is 4.91. The lowest BCUT2D eigenvalue weighted by Crippen LogP contribution is -2.36. The minimum Gasteiger partial charge on any atom is -0.493 e. The molecule has 1 N–H and O–H groups in total. The summed E-state index contributed by atoms with van der Waals surface area (Å²) in [5.41, 5.74) is 3.28. The van der Waals surface area contributed by atoms with E-state index >= 15 is 0 Å². The SMILES string of the molecule is Cc1ccccc1-n1ccnc1S[C@H](C)C(=O)N[C@H]1CCOc2ccccc21. The third kappa shape index (κ3) is 3.78. The van der Waals surface area contributed by atoms with Crippen LogP contribution in [-0.4, -0.2) is 27.3 Å². The molecule has 0 radical (unpaired) electrons. The lowest BCUT2D eigenvalue weighted by molar-refractivity contribution is -0.121. The van der Waals surface area contributed by atoms with Gasteiger partial charge in [-0.25, -0.2) is 4.98 Å². The molecule has 1 aliphatic rings. The summed E-state index contributed by atoms with van der Waals surface area (Å²) in [7, 11) is 0. The normalized spacial score (nSPS) is 16.7. The van der Waals surface area contributed by atoms with Crippen molar-refractivity contribution in [2.75, 3.05) is 6.61 Å². The van der Waals surface area contributed by atoms with Gasteiger partial charge in [-0.05, 0) is 31.5 Å². The molecule has 2 atom stereocenters. The Labute approximate surface area is 169 Å². The van der Waals surface area contributed by atoms with Crippen LogP contribution in [0.25, 0.3) is 5.69 Å². The molecule has 144 valence electrons. The van der Waals surface area contributed by atoms with Crippen LogP contribution < -0.4 is 10.1 Å². The van der Waals surface area contributed by atoms with Crippen molar-refractivity contribution in [1.29, 1.82) is 0 Å². The van der Waals surface area contributed by atoms with Gasteiger partial charge in [-0.3, -0.25) is 9.36 Å². The fourth-order valence-corrected chi connectivity index (χ4v) is 4.27. The smallest absolute Gasteiger partial charge is 0.233 e. The van der Waals surface area contributed by atoms with E-state index in [4.69, 9.17) is 4.74 Å². The van der Waals surface area contributed by atoms with E-state index in [-0.39, 0.29) is 17.2 Å². The predicted molar refractivity (Wildman–Crippen MR) is 111 cm³/mol. The average Bonchev–Trinajstić information content (AvgIpc) is 3.16. The monoisotopic (exact) mass is 393 g/mol. The maximum Gasteiger partial charge on any atom is 0.233 e. The summed E-state index contributed by atoms with van der Waals surface area (Å²) in [6.45, 7) is 4.60. The van der Waals surface area contributed by atoms with E-state index in [9.17, 15) is 4.79 Å². The molecule has 6 heteroatoms. The standard InChI is InChI=1S/C22H23N3O2S/c1-15-7-3-5-9-19(15)25-13-12-23-22(25)28-16(2)21(26)24-18-11-14-27-20-10-6-4-8-17(18)20/h3-10,12-13,16,18H,11,14H2,1-2H3,(H,24,26)/t16-,18+/m1/s1. The molecule has 0 bridgehead atoms. The van der Waals surface area contributed by atoms with Crippen LogP contribution in [-0.2, 0) is 4.79 Å². The number of hydrogen-bond donors (Lipinski definition) is 1. The van der Waals surface area contributed by atoms with Gasteiger partial charge in [0.25, 0.3) is 0 Å². The van der Waals surface area contributed by atoms with E-state index in [1.165, 1.54) is 17.3 Å². The van der Waals surface area contributed by atoms with E-state index < -0.39 is 0 Å². The highest BCUT2D eigenvalue weighted by atomic mass is 32.2. The van der Waals surface area contributed by atoms with E-state index in [2.05, 4.69) is 29.4 Å².